The predicted molar refractivity (Wildman–Crippen MR) is 107 cm³/mol. The van der Waals surface area contributed by atoms with Crippen molar-refractivity contribution in [2.75, 3.05) is 0 Å². The van der Waals surface area contributed by atoms with E-state index in [1.165, 1.54) is 17.7 Å². The largest absolute Gasteiger partial charge is 0.489 e. The highest BCUT2D eigenvalue weighted by atomic mass is 79.9. The van der Waals surface area contributed by atoms with Gasteiger partial charge in [0.05, 0.1) is 0 Å². The van der Waals surface area contributed by atoms with Gasteiger partial charge in [0.1, 0.15) is 18.2 Å². The van der Waals surface area contributed by atoms with Crippen LogP contribution >= 0.6 is 15.9 Å². The van der Waals surface area contributed by atoms with E-state index in [4.69, 9.17) is 4.74 Å². The van der Waals surface area contributed by atoms with Crippen molar-refractivity contribution >= 4 is 15.9 Å². The quantitative estimate of drug-likeness (QED) is 0.511. The van der Waals surface area contributed by atoms with Crippen molar-refractivity contribution in [2.45, 2.75) is 26.1 Å². The normalized spacial score (nSPS) is 12.0. The average Bonchev–Trinajstić information content (AvgIpc) is 2.67. The summed E-state index contributed by atoms with van der Waals surface area (Å²) in [5, 5.41) is 3.54. The number of hydrogen-bond acceptors (Lipinski definition) is 2. The fraction of sp³-hybridized carbons (Fsp3) is 0.182. The molecule has 26 heavy (non-hydrogen) atoms. The van der Waals surface area contributed by atoms with Gasteiger partial charge in [-0.3, -0.25) is 0 Å². The van der Waals surface area contributed by atoms with Gasteiger partial charge < -0.3 is 10.1 Å². The molecule has 0 aliphatic carbocycles. The van der Waals surface area contributed by atoms with Crippen molar-refractivity contribution in [2.24, 2.45) is 0 Å². The first-order chi connectivity index (χ1) is 12.6. The summed E-state index contributed by atoms with van der Waals surface area (Å²) < 4.78 is 20.0. The van der Waals surface area contributed by atoms with E-state index < -0.39 is 0 Å². The molecule has 4 heteroatoms. The molecule has 2 nitrogen and oxygen atoms in total. The van der Waals surface area contributed by atoms with E-state index in [2.05, 4.69) is 46.4 Å². The number of ether oxygens (including phenoxy) is 1. The Morgan fingerprint density at radius 1 is 1.00 bits per heavy atom. The van der Waals surface area contributed by atoms with Crippen LogP contribution in [-0.4, -0.2) is 0 Å². The molecule has 134 valence electrons. The average molecular weight is 414 g/mol. The standard InChI is InChI=1S/C22H21BrFNO/c1-16(18-5-3-2-4-6-18)25-14-19-13-20(23)9-12-22(19)26-15-17-7-10-21(24)11-8-17/h2-13,16,25H,14-15H2,1H3/t16-/m1/s1. The fourth-order valence-electron chi connectivity index (χ4n) is 2.69. The van der Waals surface area contributed by atoms with Crippen molar-refractivity contribution in [1.29, 1.82) is 0 Å². The van der Waals surface area contributed by atoms with Gasteiger partial charge in [-0.05, 0) is 48.4 Å². The molecule has 0 aliphatic rings. The molecule has 3 rings (SSSR count). The summed E-state index contributed by atoms with van der Waals surface area (Å²) in [6.07, 6.45) is 0. The first kappa shape index (κ1) is 18.6. The molecule has 0 unspecified atom stereocenters. The molecule has 1 atom stereocenters. The minimum Gasteiger partial charge on any atom is -0.489 e. The van der Waals surface area contributed by atoms with E-state index in [0.29, 0.717) is 13.2 Å². The second kappa shape index (κ2) is 8.97. The van der Waals surface area contributed by atoms with Crippen molar-refractivity contribution in [1.82, 2.24) is 5.32 Å². The molecule has 0 amide bonds. The molecule has 0 spiro atoms. The molecule has 3 aromatic carbocycles. The second-order valence-electron chi connectivity index (χ2n) is 6.18. The van der Waals surface area contributed by atoms with Crippen LogP contribution < -0.4 is 10.1 Å². The Kier molecular flexibility index (Phi) is 6.42. The third-order valence-electron chi connectivity index (χ3n) is 4.23. The number of nitrogens with one attached hydrogen (secondary N) is 1. The molecule has 0 bridgehead atoms. The lowest BCUT2D eigenvalue weighted by Crippen LogP contribution is -2.18. The molecule has 0 saturated carbocycles. The molecule has 0 radical (unpaired) electrons. The predicted octanol–water partition coefficient (Wildman–Crippen LogP) is 6.02. The summed E-state index contributed by atoms with van der Waals surface area (Å²) in [4.78, 5) is 0. The SMILES string of the molecule is C[C@@H](NCc1cc(Br)ccc1OCc1ccc(F)cc1)c1ccccc1. The van der Waals surface area contributed by atoms with Gasteiger partial charge in [-0.2, -0.15) is 0 Å². The number of hydrogen-bond donors (Lipinski definition) is 1. The highest BCUT2D eigenvalue weighted by molar-refractivity contribution is 9.10. The molecular formula is C22H21BrFNO. The third-order valence-corrected chi connectivity index (χ3v) is 4.72. The maximum Gasteiger partial charge on any atom is 0.124 e. The summed E-state index contributed by atoms with van der Waals surface area (Å²) in [6, 6.07) is 22.9. The lowest BCUT2D eigenvalue weighted by Gasteiger charge is -2.17. The van der Waals surface area contributed by atoms with Gasteiger partial charge in [0.2, 0.25) is 0 Å². The highest BCUT2D eigenvalue weighted by Gasteiger charge is 2.09. The van der Waals surface area contributed by atoms with Gasteiger partial charge >= 0.3 is 0 Å². The molecule has 0 aromatic heterocycles. The van der Waals surface area contributed by atoms with Crippen LogP contribution in [0.5, 0.6) is 5.75 Å². The van der Waals surface area contributed by atoms with Gasteiger partial charge in [0, 0.05) is 22.6 Å². The maximum atomic E-state index is 13.0. The number of benzene rings is 3. The lowest BCUT2D eigenvalue weighted by atomic mass is 10.1. The van der Waals surface area contributed by atoms with Crippen molar-refractivity contribution < 1.29 is 9.13 Å². The molecule has 0 heterocycles. The summed E-state index contributed by atoms with van der Waals surface area (Å²) in [5.41, 5.74) is 3.26. The van der Waals surface area contributed by atoms with E-state index >= 15 is 0 Å². The second-order valence-corrected chi connectivity index (χ2v) is 7.10. The Labute approximate surface area is 162 Å². The van der Waals surface area contributed by atoms with E-state index in [1.807, 2.05) is 30.3 Å². The minimum atomic E-state index is -0.239. The molecule has 0 fully saturated rings. The van der Waals surface area contributed by atoms with Crippen molar-refractivity contribution in [3.8, 4) is 5.75 Å². The summed E-state index contributed by atoms with van der Waals surface area (Å²) >= 11 is 3.53. The van der Waals surface area contributed by atoms with Crippen LogP contribution in [0.2, 0.25) is 0 Å². The number of rotatable bonds is 7. The zero-order chi connectivity index (χ0) is 18.4. The van der Waals surface area contributed by atoms with Crippen molar-refractivity contribution in [3.63, 3.8) is 0 Å². The van der Waals surface area contributed by atoms with Gasteiger partial charge in [-0.25, -0.2) is 4.39 Å². The van der Waals surface area contributed by atoms with E-state index in [-0.39, 0.29) is 11.9 Å². The number of halogens is 2. The Bertz CT molecular complexity index is 837. The Morgan fingerprint density at radius 2 is 1.73 bits per heavy atom. The monoisotopic (exact) mass is 413 g/mol. The van der Waals surface area contributed by atoms with E-state index in [0.717, 1.165) is 21.3 Å². The summed E-state index contributed by atoms with van der Waals surface area (Å²) in [5.74, 6) is 0.586. The van der Waals surface area contributed by atoms with Gasteiger partial charge in [0.15, 0.2) is 0 Å². The molecule has 0 aliphatic heterocycles. The molecule has 0 saturated heterocycles. The molecule has 1 N–H and O–H groups in total. The first-order valence-corrected chi connectivity index (χ1v) is 9.35. The lowest BCUT2D eigenvalue weighted by molar-refractivity contribution is 0.301. The highest BCUT2D eigenvalue weighted by Crippen LogP contribution is 2.25. The maximum absolute atomic E-state index is 13.0. The van der Waals surface area contributed by atoms with Crippen LogP contribution in [0.4, 0.5) is 4.39 Å². The summed E-state index contributed by atoms with van der Waals surface area (Å²) in [7, 11) is 0. The van der Waals surface area contributed by atoms with Crippen LogP contribution in [0.3, 0.4) is 0 Å². The molecule has 3 aromatic rings. The zero-order valence-corrected chi connectivity index (χ0v) is 16.2. The van der Waals surface area contributed by atoms with E-state index in [1.54, 1.807) is 12.1 Å². The van der Waals surface area contributed by atoms with Crippen LogP contribution in [-0.2, 0) is 13.2 Å². The van der Waals surface area contributed by atoms with Crippen LogP contribution in [0, 0.1) is 5.82 Å². The van der Waals surface area contributed by atoms with Crippen LogP contribution in [0.1, 0.15) is 29.7 Å². The van der Waals surface area contributed by atoms with Gasteiger partial charge in [-0.1, -0.05) is 58.4 Å². The summed E-state index contributed by atoms with van der Waals surface area (Å²) in [6.45, 7) is 3.24. The van der Waals surface area contributed by atoms with Gasteiger partial charge in [0.25, 0.3) is 0 Å². The zero-order valence-electron chi connectivity index (χ0n) is 14.6. The first-order valence-electron chi connectivity index (χ1n) is 8.56. The van der Waals surface area contributed by atoms with Crippen LogP contribution in [0.25, 0.3) is 0 Å². The topological polar surface area (TPSA) is 21.3 Å². The Morgan fingerprint density at radius 3 is 2.46 bits per heavy atom. The Hall–Kier alpha value is -2.17. The fourth-order valence-corrected chi connectivity index (χ4v) is 3.10. The Balaban J connectivity index is 1.66. The smallest absolute Gasteiger partial charge is 0.124 e. The van der Waals surface area contributed by atoms with Crippen LogP contribution in [0.15, 0.2) is 77.3 Å². The van der Waals surface area contributed by atoms with Crippen molar-refractivity contribution in [3.05, 3.63) is 99.8 Å². The van der Waals surface area contributed by atoms with E-state index in [9.17, 15) is 4.39 Å². The third kappa shape index (κ3) is 5.16. The van der Waals surface area contributed by atoms with Gasteiger partial charge in [-0.15, -0.1) is 0 Å². The molecular weight excluding hydrogens is 393 g/mol. The minimum absolute atomic E-state index is 0.236.